The van der Waals surface area contributed by atoms with Gasteiger partial charge in [0, 0.05) is 24.7 Å². The summed E-state index contributed by atoms with van der Waals surface area (Å²) in [6.07, 6.45) is 4.85. The summed E-state index contributed by atoms with van der Waals surface area (Å²) in [5, 5.41) is 7.07. The molecule has 0 amide bonds. The van der Waals surface area contributed by atoms with Gasteiger partial charge in [0.2, 0.25) is 5.65 Å². The molecule has 1 aromatic carbocycles. The lowest BCUT2D eigenvalue weighted by Crippen LogP contribution is -2.42. The highest BCUT2D eigenvalue weighted by Crippen LogP contribution is 2.31. The standard InChI is InChI=1S/C17H18ClFN6/c1-25(12-7-3-6-11(12)20)13-8-21-16-15(23-24-17(16)22-13)9-4-2-5-10(18)14(9)19/h2,4-5,8,11-12H,3,6-7,20H2,1H3,(H,22,23,24)/t11-,12+/m0/s1. The Labute approximate surface area is 149 Å². The van der Waals surface area contributed by atoms with Crippen molar-refractivity contribution in [3.05, 3.63) is 35.2 Å². The zero-order valence-electron chi connectivity index (χ0n) is 13.7. The number of likely N-dealkylation sites (N-methyl/N-ethyl adjacent to an activating group) is 1. The lowest BCUT2D eigenvalue weighted by molar-refractivity contribution is 0.568. The zero-order chi connectivity index (χ0) is 17.6. The summed E-state index contributed by atoms with van der Waals surface area (Å²) < 4.78 is 14.3. The van der Waals surface area contributed by atoms with Crippen molar-refractivity contribution in [3.63, 3.8) is 0 Å². The maximum absolute atomic E-state index is 14.3. The molecule has 0 bridgehead atoms. The molecular formula is C17H18ClFN6. The van der Waals surface area contributed by atoms with Gasteiger partial charge in [0.25, 0.3) is 0 Å². The molecule has 0 aliphatic heterocycles. The van der Waals surface area contributed by atoms with Crippen LogP contribution in [0.2, 0.25) is 5.02 Å². The third-order valence-electron chi connectivity index (χ3n) is 4.86. The number of nitrogens with two attached hydrogens (primary N) is 1. The normalized spacial score (nSPS) is 20.3. The van der Waals surface area contributed by atoms with Crippen LogP contribution >= 0.6 is 11.6 Å². The molecule has 0 unspecified atom stereocenters. The van der Waals surface area contributed by atoms with E-state index in [-0.39, 0.29) is 17.1 Å². The molecule has 25 heavy (non-hydrogen) atoms. The van der Waals surface area contributed by atoms with E-state index < -0.39 is 5.82 Å². The monoisotopic (exact) mass is 360 g/mol. The van der Waals surface area contributed by atoms with Gasteiger partial charge in [-0.15, -0.1) is 0 Å². The number of halogens is 2. The van der Waals surface area contributed by atoms with Crippen molar-refractivity contribution in [3.8, 4) is 11.3 Å². The Balaban J connectivity index is 1.73. The number of H-pyrrole nitrogens is 1. The van der Waals surface area contributed by atoms with E-state index in [2.05, 4.69) is 25.1 Å². The molecule has 0 saturated heterocycles. The lowest BCUT2D eigenvalue weighted by atomic mass is 10.1. The third-order valence-corrected chi connectivity index (χ3v) is 5.16. The molecule has 2 heterocycles. The smallest absolute Gasteiger partial charge is 0.202 e. The number of hydrogen-bond donors (Lipinski definition) is 2. The van der Waals surface area contributed by atoms with Crippen molar-refractivity contribution in [1.82, 2.24) is 20.2 Å². The summed E-state index contributed by atoms with van der Waals surface area (Å²) in [5.41, 5.74) is 7.91. The van der Waals surface area contributed by atoms with E-state index in [4.69, 9.17) is 17.3 Å². The van der Waals surface area contributed by atoms with Crippen LogP contribution in [0.4, 0.5) is 10.2 Å². The highest BCUT2D eigenvalue weighted by Gasteiger charge is 2.28. The number of fused-ring (bicyclic) bond motifs is 1. The number of aromatic amines is 1. The van der Waals surface area contributed by atoms with E-state index >= 15 is 0 Å². The van der Waals surface area contributed by atoms with E-state index in [1.807, 2.05) is 7.05 Å². The van der Waals surface area contributed by atoms with Crippen molar-refractivity contribution in [1.29, 1.82) is 0 Å². The van der Waals surface area contributed by atoms with Gasteiger partial charge in [-0.3, -0.25) is 5.10 Å². The van der Waals surface area contributed by atoms with Gasteiger partial charge in [-0.25, -0.2) is 14.4 Å². The SMILES string of the molecule is CN(c1cnc2c(-c3cccc(Cl)c3F)[nH]nc2n1)[C@@H]1CCC[C@@H]1N. The molecule has 2 atom stereocenters. The van der Waals surface area contributed by atoms with Gasteiger partial charge in [-0.1, -0.05) is 17.7 Å². The number of hydrogen-bond acceptors (Lipinski definition) is 5. The minimum Gasteiger partial charge on any atom is -0.354 e. The molecule has 1 aliphatic rings. The van der Waals surface area contributed by atoms with E-state index in [0.29, 0.717) is 28.2 Å². The second-order valence-corrected chi connectivity index (χ2v) is 6.78. The molecule has 4 rings (SSSR count). The summed E-state index contributed by atoms with van der Waals surface area (Å²) in [6.45, 7) is 0. The quantitative estimate of drug-likeness (QED) is 0.749. The first-order valence-corrected chi connectivity index (χ1v) is 8.58. The average Bonchev–Trinajstić information content (AvgIpc) is 3.22. The fraction of sp³-hybridized carbons (Fsp3) is 0.353. The Kier molecular flexibility index (Phi) is 4.05. The maximum Gasteiger partial charge on any atom is 0.202 e. The Morgan fingerprint density at radius 1 is 1.36 bits per heavy atom. The molecule has 2 aromatic heterocycles. The molecule has 3 aromatic rings. The summed E-state index contributed by atoms with van der Waals surface area (Å²) in [6, 6.07) is 5.20. The van der Waals surface area contributed by atoms with E-state index in [1.165, 1.54) is 6.07 Å². The van der Waals surface area contributed by atoms with Crippen molar-refractivity contribution >= 4 is 28.6 Å². The molecule has 130 valence electrons. The van der Waals surface area contributed by atoms with Gasteiger partial charge in [0.05, 0.1) is 16.9 Å². The maximum atomic E-state index is 14.3. The molecule has 3 N–H and O–H groups in total. The fourth-order valence-corrected chi connectivity index (χ4v) is 3.64. The van der Waals surface area contributed by atoms with Crippen LogP contribution in [-0.2, 0) is 0 Å². The van der Waals surface area contributed by atoms with Crippen LogP contribution in [0, 0.1) is 5.82 Å². The van der Waals surface area contributed by atoms with Gasteiger partial charge >= 0.3 is 0 Å². The van der Waals surface area contributed by atoms with Crippen LogP contribution in [0.3, 0.4) is 0 Å². The molecule has 0 spiro atoms. The average molecular weight is 361 g/mol. The van der Waals surface area contributed by atoms with Crippen LogP contribution < -0.4 is 10.6 Å². The highest BCUT2D eigenvalue weighted by atomic mass is 35.5. The lowest BCUT2D eigenvalue weighted by Gasteiger charge is -2.28. The number of benzene rings is 1. The molecule has 1 saturated carbocycles. The number of aromatic nitrogens is 4. The minimum absolute atomic E-state index is 0.0554. The summed E-state index contributed by atoms with van der Waals surface area (Å²) in [5.74, 6) is 0.203. The predicted octanol–water partition coefficient (Wildman–Crippen LogP) is 3.13. The summed E-state index contributed by atoms with van der Waals surface area (Å²) >= 11 is 5.87. The van der Waals surface area contributed by atoms with E-state index in [0.717, 1.165) is 19.3 Å². The topological polar surface area (TPSA) is 83.7 Å². The molecule has 0 radical (unpaired) electrons. The van der Waals surface area contributed by atoms with E-state index in [1.54, 1.807) is 18.3 Å². The zero-order valence-corrected chi connectivity index (χ0v) is 14.5. The Morgan fingerprint density at radius 3 is 2.96 bits per heavy atom. The van der Waals surface area contributed by atoms with E-state index in [9.17, 15) is 4.39 Å². The number of nitrogens with zero attached hydrogens (tertiary/aromatic N) is 4. The van der Waals surface area contributed by atoms with Crippen LogP contribution in [-0.4, -0.2) is 39.3 Å². The van der Waals surface area contributed by atoms with Crippen molar-refractivity contribution in [2.45, 2.75) is 31.3 Å². The van der Waals surface area contributed by atoms with Gasteiger partial charge in [0.15, 0.2) is 5.82 Å². The van der Waals surface area contributed by atoms with Gasteiger partial charge in [-0.05, 0) is 31.4 Å². The first-order chi connectivity index (χ1) is 12.1. The van der Waals surface area contributed by atoms with Gasteiger partial charge in [0.1, 0.15) is 11.3 Å². The number of anilines is 1. The predicted molar refractivity (Wildman–Crippen MR) is 96.1 cm³/mol. The van der Waals surface area contributed by atoms with Crippen LogP contribution in [0.25, 0.3) is 22.4 Å². The van der Waals surface area contributed by atoms with Crippen molar-refractivity contribution < 1.29 is 4.39 Å². The first-order valence-electron chi connectivity index (χ1n) is 8.20. The third kappa shape index (κ3) is 2.73. The molecule has 6 nitrogen and oxygen atoms in total. The van der Waals surface area contributed by atoms with Crippen LogP contribution in [0.15, 0.2) is 24.4 Å². The number of rotatable bonds is 3. The molecule has 1 aliphatic carbocycles. The molecule has 8 heteroatoms. The Bertz CT molecular complexity index is 927. The summed E-state index contributed by atoms with van der Waals surface area (Å²) in [7, 11) is 1.97. The van der Waals surface area contributed by atoms with Crippen LogP contribution in [0.5, 0.6) is 0 Å². The van der Waals surface area contributed by atoms with Crippen molar-refractivity contribution in [2.24, 2.45) is 5.73 Å². The van der Waals surface area contributed by atoms with Gasteiger partial charge in [-0.2, -0.15) is 5.10 Å². The second kappa shape index (κ2) is 6.24. The van der Waals surface area contributed by atoms with Crippen molar-refractivity contribution in [2.75, 3.05) is 11.9 Å². The number of nitrogens with one attached hydrogen (secondary N) is 1. The highest BCUT2D eigenvalue weighted by molar-refractivity contribution is 6.31. The Morgan fingerprint density at radius 2 is 2.20 bits per heavy atom. The summed E-state index contributed by atoms with van der Waals surface area (Å²) in [4.78, 5) is 11.1. The van der Waals surface area contributed by atoms with Crippen LogP contribution in [0.1, 0.15) is 19.3 Å². The fourth-order valence-electron chi connectivity index (χ4n) is 3.46. The minimum atomic E-state index is -0.505. The second-order valence-electron chi connectivity index (χ2n) is 6.37. The first kappa shape index (κ1) is 16.2. The molecule has 1 fully saturated rings. The molecular weight excluding hydrogens is 343 g/mol. The van der Waals surface area contributed by atoms with Gasteiger partial charge < -0.3 is 10.6 Å². The largest absolute Gasteiger partial charge is 0.354 e. The Hall–Kier alpha value is -2.25.